The molecule has 4 heteroatoms. The SMILES string of the molecule is Cn1cc([C@H]2C[C@H]2C(=O)NCC2CCCCCCC2)cn1. The van der Waals surface area contributed by atoms with Gasteiger partial charge in [0.25, 0.3) is 0 Å². The van der Waals surface area contributed by atoms with Gasteiger partial charge in [0.15, 0.2) is 0 Å². The van der Waals surface area contributed by atoms with E-state index in [1.807, 2.05) is 24.1 Å². The molecule has 21 heavy (non-hydrogen) atoms. The average Bonchev–Trinajstić information content (AvgIpc) is 3.13. The lowest BCUT2D eigenvalue weighted by atomic mass is 9.91. The van der Waals surface area contributed by atoms with Crippen LogP contribution >= 0.6 is 0 Å². The van der Waals surface area contributed by atoms with Crippen molar-refractivity contribution in [1.82, 2.24) is 15.1 Å². The maximum atomic E-state index is 12.3. The number of hydrogen-bond donors (Lipinski definition) is 1. The average molecular weight is 289 g/mol. The molecule has 2 saturated carbocycles. The molecule has 0 saturated heterocycles. The van der Waals surface area contributed by atoms with Gasteiger partial charge in [0.1, 0.15) is 0 Å². The third-order valence-corrected chi connectivity index (χ3v) is 5.07. The summed E-state index contributed by atoms with van der Waals surface area (Å²) in [6.45, 7) is 0.884. The Morgan fingerprint density at radius 2 is 2.00 bits per heavy atom. The van der Waals surface area contributed by atoms with Gasteiger partial charge in [-0.25, -0.2) is 0 Å². The number of aryl methyl sites for hydroxylation is 1. The predicted molar refractivity (Wildman–Crippen MR) is 82.9 cm³/mol. The minimum Gasteiger partial charge on any atom is -0.356 e. The van der Waals surface area contributed by atoms with Crippen molar-refractivity contribution >= 4 is 5.91 Å². The summed E-state index contributed by atoms with van der Waals surface area (Å²) >= 11 is 0. The van der Waals surface area contributed by atoms with E-state index < -0.39 is 0 Å². The van der Waals surface area contributed by atoms with Crippen molar-refractivity contribution in [2.24, 2.45) is 18.9 Å². The topological polar surface area (TPSA) is 46.9 Å². The standard InChI is InChI=1S/C17H27N3O/c1-20-12-14(11-19-20)15-9-16(15)17(21)18-10-13-7-5-3-2-4-6-8-13/h11-13,15-16H,2-10H2,1H3,(H,18,21)/t15-,16-/m1/s1. The van der Waals surface area contributed by atoms with E-state index in [4.69, 9.17) is 0 Å². The third-order valence-electron chi connectivity index (χ3n) is 5.07. The summed E-state index contributed by atoms with van der Waals surface area (Å²) < 4.78 is 1.82. The fourth-order valence-corrected chi connectivity index (χ4v) is 3.61. The molecule has 0 radical (unpaired) electrons. The van der Waals surface area contributed by atoms with Gasteiger partial charge in [0.05, 0.1) is 6.20 Å². The highest BCUT2D eigenvalue weighted by molar-refractivity contribution is 5.82. The Morgan fingerprint density at radius 3 is 2.67 bits per heavy atom. The summed E-state index contributed by atoms with van der Waals surface area (Å²) in [6, 6.07) is 0. The zero-order valence-corrected chi connectivity index (χ0v) is 13.1. The van der Waals surface area contributed by atoms with E-state index in [1.165, 1.54) is 50.5 Å². The summed E-state index contributed by atoms with van der Waals surface area (Å²) in [7, 11) is 1.93. The first-order valence-electron chi connectivity index (χ1n) is 8.50. The van der Waals surface area contributed by atoms with Crippen LogP contribution in [0.25, 0.3) is 0 Å². The summed E-state index contributed by atoms with van der Waals surface area (Å²) in [6.07, 6.45) is 14.3. The van der Waals surface area contributed by atoms with Crippen molar-refractivity contribution in [1.29, 1.82) is 0 Å². The molecule has 0 aliphatic heterocycles. The molecule has 2 aliphatic carbocycles. The molecule has 2 fully saturated rings. The zero-order valence-electron chi connectivity index (χ0n) is 13.1. The Bertz CT molecular complexity index is 474. The number of hydrogen-bond acceptors (Lipinski definition) is 2. The first-order valence-corrected chi connectivity index (χ1v) is 8.50. The molecule has 3 rings (SSSR count). The highest BCUT2D eigenvalue weighted by atomic mass is 16.2. The van der Waals surface area contributed by atoms with Gasteiger partial charge in [-0.3, -0.25) is 9.48 Å². The van der Waals surface area contributed by atoms with Gasteiger partial charge in [-0.1, -0.05) is 32.1 Å². The van der Waals surface area contributed by atoms with E-state index in [9.17, 15) is 4.79 Å². The van der Waals surface area contributed by atoms with E-state index in [0.29, 0.717) is 11.8 Å². The smallest absolute Gasteiger partial charge is 0.223 e. The Kier molecular flexibility index (Phi) is 4.61. The molecule has 0 spiro atoms. The molecule has 2 aliphatic rings. The Labute approximate surface area is 127 Å². The number of aromatic nitrogens is 2. The van der Waals surface area contributed by atoms with Crippen LogP contribution in [-0.4, -0.2) is 22.2 Å². The van der Waals surface area contributed by atoms with Crippen LogP contribution in [0.3, 0.4) is 0 Å². The van der Waals surface area contributed by atoms with Crippen LogP contribution < -0.4 is 5.32 Å². The maximum absolute atomic E-state index is 12.3. The van der Waals surface area contributed by atoms with Gasteiger partial charge in [-0.05, 0) is 36.7 Å². The van der Waals surface area contributed by atoms with Crippen LogP contribution in [0.4, 0.5) is 0 Å². The monoisotopic (exact) mass is 289 g/mol. The molecular formula is C17H27N3O. The third kappa shape index (κ3) is 3.86. The van der Waals surface area contributed by atoms with Gasteiger partial charge >= 0.3 is 0 Å². The number of nitrogens with zero attached hydrogens (tertiary/aromatic N) is 2. The van der Waals surface area contributed by atoms with Gasteiger partial charge in [0, 0.05) is 25.7 Å². The second-order valence-electron chi connectivity index (χ2n) is 6.85. The highest BCUT2D eigenvalue weighted by Gasteiger charge is 2.44. The fraction of sp³-hybridized carbons (Fsp3) is 0.765. The van der Waals surface area contributed by atoms with Gasteiger partial charge in [-0.15, -0.1) is 0 Å². The maximum Gasteiger partial charge on any atom is 0.223 e. The van der Waals surface area contributed by atoms with Crippen LogP contribution in [-0.2, 0) is 11.8 Å². The highest BCUT2D eigenvalue weighted by Crippen LogP contribution is 2.47. The van der Waals surface area contributed by atoms with E-state index in [1.54, 1.807) is 0 Å². The molecule has 1 aromatic rings. The molecule has 1 N–H and O–H groups in total. The van der Waals surface area contributed by atoms with Crippen LogP contribution in [0.2, 0.25) is 0 Å². The minimum absolute atomic E-state index is 0.183. The summed E-state index contributed by atoms with van der Waals surface area (Å²) in [5.74, 6) is 1.54. The first-order chi connectivity index (χ1) is 10.2. The minimum atomic E-state index is 0.183. The lowest BCUT2D eigenvalue weighted by Gasteiger charge is -2.20. The number of nitrogens with one attached hydrogen (secondary N) is 1. The van der Waals surface area contributed by atoms with Crippen LogP contribution in [0.1, 0.15) is 62.8 Å². The molecular weight excluding hydrogens is 262 g/mol. The molecule has 0 unspecified atom stereocenters. The van der Waals surface area contributed by atoms with Crippen molar-refractivity contribution in [3.63, 3.8) is 0 Å². The second-order valence-corrected chi connectivity index (χ2v) is 6.85. The molecule has 0 aromatic carbocycles. The van der Waals surface area contributed by atoms with Gasteiger partial charge in [0.2, 0.25) is 5.91 Å². The summed E-state index contributed by atoms with van der Waals surface area (Å²) in [5.41, 5.74) is 1.21. The number of amides is 1. The van der Waals surface area contributed by atoms with Crippen molar-refractivity contribution in [3.05, 3.63) is 18.0 Å². The summed E-state index contributed by atoms with van der Waals surface area (Å²) in [4.78, 5) is 12.3. The normalized spacial score (nSPS) is 26.9. The molecule has 0 bridgehead atoms. The Morgan fingerprint density at radius 1 is 1.29 bits per heavy atom. The van der Waals surface area contributed by atoms with Crippen molar-refractivity contribution in [2.75, 3.05) is 6.54 Å². The zero-order chi connectivity index (χ0) is 14.7. The van der Waals surface area contributed by atoms with E-state index in [0.717, 1.165) is 13.0 Å². The molecule has 1 aromatic heterocycles. The molecule has 116 valence electrons. The summed E-state index contributed by atoms with van der Waals surface area (Å²) in [5, 5.41) is 7.40. The van der Waals surface area contributed by atoms with Crippen LogP contribution in [0.15, 0.2) is 12.4 Å². The van der Waals surface area contributed by atoms with Crippen molar-refractivity contribution < 1.29 is 4.79 Å². The Hall–Kier alpha value is -1.32. The lowest BCUT2D eigenvalue weighted by molar-refractivity contribution is -0.122. The fourth-order valence-electron chi connectivity index (χ4n) is 3.61. The van der Waals surface area contributed by atoms with E-state index >= 15 is 0 Å². The quantitative estimate of drug-likeness (QED) is 0.926. The van der Waals surface area contributed by atoms with E-state index in [2.05, 4.69) is 10.4 Å². The molecule has 1 amide bonds. The lowest BCUT2D eigenvalue weighted by Crippen LogP contribution is -2.31. The number of carbonyl (C=O) groups excluding carboxylic acids is 1. The number of rotatable bonds is 4. The van der Waals surface area contributed by atoms with Crippen LogP contribution in [0.5, 0.6) is 0 Å². The number of carbonyl (C=O) groups is 1. The van der Waals surface area contributed by atoms with Gasteiger partial charge in [-0.2, -0.15) is 5.10 Å². The largest absolute Gasteiger partial charge is 0.356 e. The van der Waals surface area contributed by atoms with Gasteiger partial charge < -0.3 is 5.32 Å². The second kappa shape index (κ2) is 6.63. The Balaban J connectivity index is 1.42. The first kappa shape index (κ1) is 14.6. The molecule has 2 atom stereocenters. The molecule has 4 nitrogen and oxygen atoms in total. The van der Waals surface area contributed by atoms with Crippen molar-refractivity contribution in [2.45, 2.75) is 57.3 Å². The molecule has 1 heterocycles. The van der Waals surface area contributed by atoms with Crippen LogP contribution in [0, 0.1) is 11.8 Å². The van der Waals surface area contributed by atoms with E-state index in [-0.39, 0.29) is 11.8 Å². The van der Waals surface area contributed by atoms with Crippen molar-refractivity contribution in [3.8, 4) is 0 Å². The predicted octanol–water partition coefficient (Wildman–Crippen LogP) is 3.00.